The second kappa shape index (κ2) is 3.94. The fraction of sp³-hybridized carbons (Fsp3) is 0.857. The summed E-state index contributed by atoms with van der Waals surface area (Å²) in [6, 6.07) is 0. The monoisotopic (exact) mass is 188 g/mol. The van der Waals surface area contributed by atoms with Crippen LogP contribution in [0.2, 0.25) is 0 Å². The summed E-state index contributed by atoms with van der Waals surface area (Å²) >= 11 is -1.92. The molecule has 1 aliphatic carbocycles. The summed E-state index contributed by atoms with van der Waals surface area (Å²) in [5, 5.41) is 0. The lowest BCUT2D eigenvalue weighted by atomic mass is 9.89. The van der Waals surface area contributed by atoms with E-state index in [1.807, 2.05) is 0 Å². The first-order valence-electron chi connectivity index (χ1n) is 4.01. The highest BCUT2D eigenvalue weighted by Crippen LogP contribution is 2.30. The molecule has 0 radical (unpaired) electrons. The summed E-state index contributed by atoms with van der Waals surface area (Å²) < 4.78 is 19.2. The van der Waals surface area contributed by atoms with Crippen molar-refractivity contribution < 1.29 is 13.6 Å². The molecule has 1 fully saturated rings. The molecule has 0 heterocycles. The second-order valence-corrected chi connectivity index (χ2v) is 4.43. The van der Waals surface area contributed by atoms with Crippen LogP contribution < -0.4 is 0 Å². The third-order valence-corrected chi connectivity index (χ3v) is 3.55. The van der Waals surface area contributed by atoms with Gasteiger partial charge in [0.15, 0.2) is 15.8 Å². The van der Waals surface area contributed by atoms with Crippen molar-refractivity contribution in [2.45, 2.75) is 36.9 Å². The van der Waals surface area contributed by atoms with E-state index in [2.05, 4.69) is 4.79 Å². The molecule has 0 aromatic heterocycles. The van der Waals surface area contributed by atoms with Crippen molar-refractivity contribution in [3.8, 4) is 0 Å². The molecule has 1 saturated carbocycles. The molecule has 0 spiro atoms. The molecule has 5 heteroatoms. The number of rotatable bonds is 2. The molecule has 1 N–H and O–H groups in total. The van der Waals surface area contributed by atoms with Gasteiger partial charge in [-0.1, -0.05) is 19.3 Å². The Morgan fingerprint density at radius 3 is 2.42 bits per heavy atom. The van der Waals surface area contributed by atoms with Crippen molar-refractivity contribution >= 4 is 17.3 Å². The van der Waals surface area contributed by atoms with Crippen LogP contribution >= 0.6 is 0 Å². The van der Waals surface area contributed by atoms with E-state index in [-0.39, 0.29) is 0 Å². The third kappa shape index (κ3) is 1.80. The van der Waals surface area contributed by atoms with E-state index in [0.29, 0.717) is 12.8 Å². The van der Waals surface area contributed by atoms with Crippen LogP contribution in [0, 0.1) is 0 Å². The fourth-order valence-corrected chi connectivity index (χ4v) is 2.38. The minimum absolute atomic E-state index is 0.639. The van der Waals surface area contributed by atoms with Crippen molar-refractivity contribution in [2.24, 2.45) is 0 Å². The van der Waals surface area contributed by atoms with Gasteiger partial charge < -0.3 is 10.1 Å². The van der Waals surface area contributed by atoms with Crippen molar-refractivity contribution in [2.75, 3.05) is 0 Å². The van der Waals surface area contributed by atoms with Crippen LogP contribution in [0.25, 0.3) is 5.53 Å². The highest BCUT2D eigenvalue weighted by Gasteiger charge is 2.40. The lowest BCUT2D eigenvalue weighted by molar-refractivity contribution is -0.00310. The predicted octanol–water partition coefficient (Wildman–Crippen LogP) is 1.21. The fourth-order valence-electron chi connectivity index (χ4n) is 1.60. The maximum atomic E-state index is 11.0. The second-order valence-electron chi connectivity index (χ2n) is 3.12. The summed E-state index contributed by atoms with van der Waals surface area (Å²) in [6.45, 7) is 0. The summed E-state index contributed by atoms with van der Waals surface area (Å²) in [6.07, 6.45) is 5.44. The molecular formula is C7H12N2O2S. The van der Waals surface area contributed by atoms with E-state index in [9.17, 15) is 4.21 Å². The van der Waals surface area contributed by atoms with E-state index in [4.69, 9.17) is 10.1 Å². The smallest absolute Gasteiger partial charge is 0.278 e. The molecule has 68 valence electrons. The molecule has 12 heavy (non-hydrogen) atoms. The first kappa shape index (κ1) is 9.58. The molecular weight excluding hydrogens is 176 g/mol. The summed E-state index contributed by atoms with van der Waals surface area (Å²) in [4.78, 5) is 2.87. The molecule has 1 unspecified atom stereocenters. The largest absolute Gasteiger partial charge is 0.362 e. The minimum Gasteiger partial charge on any atom is -0.362 e. The van der Waals surface area contributed by atoms with Gasteiger partial charge in [-0.3, -0.25) is 0 Å². The molecule has 0 bridgehead atoms. The normalized spacial score (nSPS) is 24.1. The van der Waals surface area contributed by atoms with Crippen molar-refractivity contribution in [1.29, 1.82) is 0 Å². The van der Waals surface area contributed by atoms with Crippen LogP contribution in [0.4, 0.5) is 0 Å². The average Bonchev–Trinajstić information content (AvgIpc) is 2.06. The Hall–Kier alpha value is -0.510. The summed E-state index contributed by atoms with van der Waals surface area (Å²) in [7, 11) is 0. The van der Waals surface area contributed by atoms with Gasteiger partial charge in [0.05, 0.1) is 0 Å². The van der Waals surface area contributed by atoms with Gasteiger partial charge in [0.25, 0.3) is 6.21 Å². The highest BCUT2D eigenvalue weighted by atomic mass is 32.2. The highest BCUT2D eigenvalue weighted by molar-refractivity contribution is 7.81. The maximum Gasteiger partial charge on any atom is 0.278 e. The Bertz CT molecular complexity index is 226. The third-order valence-electron chi connectivity index (χ3n) is 2.34. The molecule has 4 nitrogen and oxygen atoms in total. The van der Waals surface area contributed by atoms with Crippen molar-refractivity contribution in [3.63, 3.8) is 0 Å². The minimum atomic E-state index is -1.92. The summed E-state index contributed by atoms with van der Waals surface area (Å²) in [5.41, 5.74) is 8.36. The zero-order valence-electron chi connectivity index (χ0n) is 6.77. The molecule has 0 aromatic carbocycles. The Morgan fingerprint density at radius 1 is 1.42 bits per heavy atom. The molecule has 1 aliphatic rings. The van der Waals surface area contributed by atoms with Gasteiger partial charge in [-0.05, 0) is 12.8 Å². The van der Waals surface area contributed by atoms with Crippen LogP contribution in [0.15, 0.2) is 0 Å². The molecule has 0 aromatic rings. The van der Waals surface area contributed by atoms with E-state index in [1.165, 1.54) is 6.21 Å². The van der Waals surface area contributed by atoms with Gasteiger partial charge >= 0.3 is 0 Å². The summed E-state index contributed by atoms with van der Waals surface area (Å²) in [5.74, 6) is 0. The zero-order valence-corrected chi connectivity index (χ0v) is 7.59. The standard InChI is InChI=1S/C7H12N2O2S/c8-9-6-7(12(10)11)4-2-1-3-5-7/h6H,1-5H2,(H,10,11). The SMILES string of the molecule is [N-]=[N+]=CC1(S(=O)O)CCCCC1. The van der Waals surface area contributed by atoms with Crippen molar-refractivity contribution in [1.82, 2.24) is 0 Å². The van der Waals surface area contributed by atoms with Crippen LogP contribution in [0.3, 0.4) is 0 Å². The van der Waals surface area contributed by atoms with Gasteiger partial charge in [0, 0.05) is 0 Å². The molecule has 0 saturated heterocycles. The Labute approximate surface area is 73.9 Å². The van der Waals surface area contributed by atoms with E-state index in [0.717, 1.165) is 19.3 Å². The van der Waals surface area contributed by atoms with Crippen LogP contribution in [0.5, 0.6) is 0 Å². The zero-order chi connectivity index (χ0) is 9.03. The maximum absolute atomic E-state index is 11.0. The average molecular weight is 188 g/mol. The topological polar surface area (TPSA) is 73.7 Å². The predicted molar refractivity (Wildman–Crippen MR) is 46.3 cm³/mol. The quantitative estimate of drug-likeness (QED) is 0.306. The lowest BCUT2D eigenvalue weighted by Crippen LogP contribution is -2.38. The van der Waals surface area contributed by atoms with Gasteiger partial charge in [0.1, 0.15) is 0 Å². The van der Waals surface area contributed by atoms with Gasteiger partial charge in [-0.2, -0.15) is 4.79 Å². The van der Waals surface area contributed by atoms with Gasteiger partial charge in [-0.15, -0.1) is 0 Å². The van der Waals surface area contributed by atoms with Crippen molar-refractivity contribution in [3.05, 3.63) is 5.53 Å². The molecule has 1 atom stereocenters. The van der Waals surface area contributed by atoms with Gasteiger partial charge in [0.2, 0.25) is 0 Å². The molecule has 1 rings (SSSR count). The number of hydrogen-bond donors (Lipinski definition) is 1. The Morgan fingerprint density at radius 2 is 2.00 bits per heavy atom. The van der Waals surface area contributed by atoms with E-state index < -0.39 is 15.8 Å². The first-order valence-corrected chi connectivity index (χ1v) is 5.11. The Kier molecular flexibility index (Phi) is 3.14. The lowest BCUT2D eigenvalue weighted by Gasteiger charge is -2.25. The Balaban J connectivity index is 2.83. The number of nitrogens with zero attached hydrogens (tertiary/aromatic N) is 2. The van der Waals surface area contributed by atoms with Crippen LogP contribution in [-0.2, 0) is 11.1 Å². The van der Waals surface area contributed by atoms with E-state index >= 15 is 0 Å². The number of hydrogen-bond acceptors (Lipinski definition) is 1. The van der Waals surface area contributed by atoms with Gasteiger partial charge in [-0.25, -0.2) is 4.21 Å². The van der Waals surface area contributed by atoms with Crippen LogP contribution in [0.1, 0.15) is 32.1 Å². The van der Waals surface area contributed by atoms with Crippen LogP contribution in [-0.4, -0.2) is 24.5 Å². The molecule has 0 aliphatic heterocycles. The van der Waals surface area contributed by atoms with E-state index in [1.54, 1.807) is 0 Å². The molecule has 0 amide bonds. The first-order chi connectivity index (χ1) is 5.71.